The average molecular weight is 541 g/mol. The molecule has 0 aromatic carbocycles. The van der Waals surface area contributed by atoms with Crippen LogP contribution < -0.4 is 15.0 Å². The van der Waals surface area contributed by atoms with Crippen molar-refractivity contribution in [2.24, 2.45) is 4.99 Å². The van der Waals surface area contributed by atoms with Gasteiger partial charge in [-0.05, 0) is 28.8 Å². The number of aliphatic imine (C=N–C) groups is 1. The molecule has 1 N–H and O–H groups in total. The van der Waals surface area contributed by atoms with Crippen LogP contribution in [0.15, 0.2) is 15.7 Å². The fraction of sp³-hybridized carbons (Fsp3) is 0.688. The molecular weight excluding hydrogens is 515 g/mol. The number of nitrogens with zero attached hydrogens (tertiary/aromatic N) is 5. The van der Waals surface area contributed by atoms with Crippen molar-refractivity contribution in [3.63, 3.8) is 0 Å². The number of halogens is 2. The van der Waals surface area contributed by atoms with Crippen molar-refractivity contribution in [2.75, 3.05) is 58.4 Å². The summed E-state index contributed by atoms with van der Waals surface area (Å²) in [5.74, 6) is 2.19. The first kappa shape index (κ1) is 21.4. The van der Waals surface area contributed by atoms with E-state index in [-0.39, 0.29) is 24.0 Å². The molecule has 26 heavy (non-hydrogen) atoms. The number of rotatable bonds is 4. The molecule has 2 aliphatic heterocycles. The van der Waals surface area contributed by atoms with Gasteiger partial charge in [0.15, 0.2) is 5.96 Å². The molecule has 0 spiro atoms. The zero-order chi connectivity index (χ0) is 17.6. The molecule has 3 heterocycles. The molecule has 0 amide bonds. The van der Waals surface area contributed by atoms with Crippen LogP contribution in [-0.4, -0.2) is 80.4 Å². The molecule has 8 nitrogen and oxygen atoms in total. The molecule has 1 aromatic rings. The summed E-state index contributed by atoms with van der Waals surface area (Å²) >= 11 is 3.39. The maximum atomic E-state index is 5.67. The summed E-state index contributed by atoms with van der Waals surface area (Å²) in [5, 5.41) is 3.44. The smallest absolute Gasteiger partial charge is 0.232 e. The highest BCUT2D eigenvalue weighted by atomic mass is 127. The van der Waals surface area contributed by atoms with Gasteiger partial charge in [0.1, 0.15) is 0 Å². The maximum Gasteiger partial charge on any atom is 0.232 e. The van der Waals surface area contributed by atoms with Crippen LogP contribution in [0.25, 0.3) is 0 Å². The largest absolute Gasteiger partial charge is 0.480 e. The van der Waals surface area contributed by atoms with Gasteiger partial charge in [-0.3, -0.25) is 4.99 Å². The van der Waals surface area contributed by atoms with Crippen molar-refractivity contribution in [3.05, 3.63) is 10.7 Å². The second-order valence-electron chi connectivity index (χ2n) is 6.06. The van der Waals surface area contributed by atoms with Crippen molar-refractivity contribution in [3.8, 4) is 5.88 Å². The molecule has 1 unspecified atom stereocenters. The second-order valence-corrected chi connectivity index (χ2v) is 6.92. The fourth-order valence-corrected chi connectivity index (χ4v) is 3.45. The quantitative estimate of drug-likeness (QED) is 0.354. The maximum absolute atomic E-state index is 5.67. The van der Waals surface area contributed by atoms with E-state index in [9.17, 15) is 0 Å². The van der Waals surface area contributed by atoms with Gasteiger partial charge in [0, 0.05) is 46.4 Å². The summed E-state index contributed by atoms with van der Waals surface area (Å²) in [6.07, 6.45) is 4.32. The van der Waals surface area contributed by atoms with Crippen LogP contribution in [0.2, 0.25) is 0 Å². The van der Waals surface area contributed by atoms with Crippen molar-refractivity contribution in [1.29, 1.82) is 0 Å². The third kappa shape index (κ3) is 5.32. The van der Waals surface area contributed by atoms with Crippen molar-refractivity contribution in [2.45, 2.75) is 18.9 Å². The molecule has 0 aliphatic carbocycles. The molecule has 2 fully saturated rings. The number of anilines is 1. The number of ether oxygens (including phenoxy) is 2. The number of nitrogens with one attached hydrogen (secondary N) is 1. The number of hydrogen-bond donors (Lipinski definition) is 1. The van der Waals surface area contributed by atoms with Crippen LogP contribution >= 0.6 is 39.9 Å². The Morgan fingerprint density at radius 2 is 2.19 bits per heavy atom. The number of aromatic nitrogens is 2. The molecule has 3 rings (SSSR count). The highest BCUT2D eigenvalue weighted by molar-refractivity contribution is 14.0. The van der Waals surface area contributed by atoms with Crippen LogP contribution in [0.4, 0.5) is 5.95 Å². The molecule has 2 saturated heterocycles. The molecule has 10 heteroatoms. The van der Waals surface area contributed by atoms with Crippen LogP contribution in [0.5, 0.6) is 5.88 Å². The standard InChI is InChI=1S/C16H25BrN6O2.HI/c1-18-15(19-10-12-4-3-9-25-12)22-5-7-23(8-6-22)16-20-11-13(17)14(21-16)24-2;/h11-12H,3-10H2,1-2H3,(H,18,19);1H. The van der Waals surface area contributed by atoms with Gasteiger partial charge in [-0.1, -0.05) is 0 Å². The minimum atomic E-state index is 0. The summed E-state index contributed by atoms with van der Waals surface area (Å²) in [6.45, 7) is 5.11. The molecule has 0 bridgehead atoms. The van der Waals surface area contributed by atoms with E-state index in [0.717, 1.165) is 62.6 Å². The summed E-state index contributed by atoms with van der Waals surface area (Å²) in [5.41, 5.74) is 0. The van der Waals surface area contributed by atoms with E-state index in [4.69, 9.17) is 9.47 Å². The average Bonchev–Trinajstić information content (AvgIpc) is 3.17. The number of hydrogen-bond acceptors (Lipinski definition) is 6. The Kier molecular flexibility index (Phi) is 8.61. The summed E-state index contributed by atoms with van der Waals surface area (Å²) in [6, 6.07) is 0. The minimum absolute atomic E-state index is 0. The third-order valence-corrected chi connectivity index (χ3v) is 5.02. The van der Waals surface area contributed by atoms with Gasteiger partial charge in [-0.2, -0.15) is 4.98 Å². The predicted octanol–water partition coefficient (Wildman–Crippen LogP) is 1.74. The van der Waals surface area contributed by atoms with E-state index in [1.165, 1.54) is 0 Å². The molecule has 1 aromatic heterocycles. The Morgan fingerprint density at radius 3 is 2.81 bits per heavy atom. The minimum Gasteiger partial charge on any atom is -0.480 e. The topological polar surface area (TPSA) is 75.1 Å². The van der Waals surface area contributed by atoms with Crippen LogP contribution in [0.1, 0.15) is 12.8 Å². The monoisotopic (exact) mass is 540 g/mol. The van der Waals surface area contributed by atoms with Crippen LogP contribution in [0.3, 0.4) is 0 Å². The van der Waals surface area contributed by atoms with Gasteiger partial charge in [0.2, 0.25) is 11.8 Å². The molecule has 146 valence electrons. The summed E-state index contributed by atoms with van der Waals surface area (Å²) < 4.78 is 11.7. The normalized spacial score (nSPS) is 20.7. The van der Waals surface area contributed by atoms with Crippen molar-refractivity contribution in [1.82, 2.24) is 20.2 Å². The lowest BCUT2D eigenvalue weighted by molar-refractivity contribution is 0.113. The first-order valence-corrected chi connectivity index (χ1v) is 9.39. The zero-order valence-electron chi connectivity index (χ0n) is 15.2. The predicted molar refractivity (Wildman–Crippen MR) is 116 cm³/mol. The molecule has 0 radical (unpaired) electrons. The Bertz CT molecular complexity index is 606. The molecular formula is C16H26BrIN6O2. The van der Waals surface area contributed by atoms with E-state index < -0.39 is 0 Å². The number of guanidine groups is 1. The first-order chi connectivity index (χ1) is 12.2. The van der Waals surface area contributed by atoms with Gasteiger partial charge < -0.3 is 24.6 Å². The Balaban J connectivity index is 0.00000243. The first-order valence-electron chi connectivity index (χ1n) is 8.60. The molecule has 2 aliphatic rings. The van der Waals surface area contributed by atoms with E-state index in [2.05, 4.69) is 46.0 Å². The van der Waals surface area contributed by atoms with E-state index in [1.807, 2.05) is 7.05 Å². The Morgan fingerprint density at radius 1 is 1.42 bits per heavy atom. The van der Waals surface area contributed by atoms with Gasteiger partial charge in [-0.15, -0.1) is 24.0 Å². The third-order valence-electron chi connectivity index (χ3n) is 4.48. The molecule has 1 atom stereocenters. The van der Waals surface area contributed by atoms with Gasteiger partial charge in [0.05, 0.1) is 23.9 Å². The summed E-state index contributed by atoms with van der Waals surface area (Å²) in [4.78, 5) is 17.7. The number of methoxy groups -OCH3 is 1. The van der Waals surface area contributed by atoms with E-state index in [0.29, 0.717) is 17.9 Å². The lowest BCUT2D eigenvalue weighted by Crippen LogP contribution is -2.53. The molecule has 0 saturated carbocycles. The van der Waals surface area contributed by atoms with E-state index in [1.54, 1.807) is 13.3 Å². The fourth-order valence-electron chi connectivity index (χ4n) is 3.10. The zero-order valence-corrected chi connectivity index (χ0v) is 19.1. The van der Waals surface area contributed by atoms with Crippen molar-refractivity contribution < 1.29 is 9.47 Å². The second kappa shape index (κ2) is 10.5. The van der Waals surface area contributed by atoms with Gasteiger partial charge >= 0.3 is 0 Å². The lowest BCUT2D eigenvalue weighted by atomic mass is 10.2. The van der Waals surface area contributed by atoms with E-state index >= 15 is 0 Å². The van der Waals surface area contributed by atoms with Crippen LogP contribution in [0, 0.1) is 0 Å². The lowest BCUT2D eigenvalue weighted by Gasteiger charge is -2.36. The Hall–Kier alpha value is -0.880. The van der Waals surface area contributed by atoms with Gasteiger partial charge in [-0.25, -0.2) is 4.98 Å². The summed E-state index contributed by atoms with van der Waals surface area (Å²) in [7, 11) is 3.44. The van der Waals surface area contributed by atoms with Crippen LogP contribution in [-0.2, 0) is 4.74 Å². The van der Waals surface area contributed by atoms with Crippen molar-refractivity contribution >= 4 is 51.8 Å². The SMILES string of the molecule is CN=C(NCC1CCCO1)N1CCN(c2ncc(Br)c(OC)n2)CC1.I. The van der Waals surface area contributed by atoms with Gasteiger partial charge in [0.25, 0.3) is 0 Å². The number of piperazine rings is 1. The highest BCUT2D eigenvalue weighted by Crippen LogP contribution is 2.23. The highest BCUT2D eigenvalue weighted by Gasteiger charge is 2.23. The Labute approximate surface area is 179 Å².